The van der Waals surface area contributed by atoms with Crippen LogP contribution in [0.25, 0.3) is 22.2 Å². The van der Waals surface area contributed by atoms with Crippen LogP contribution >= 0.6 is 0 Å². The molecule has 4 heterocycles. The predicted molar refractivity (Wildman–Crippen MR) is 117 cm³/mol. The molecule has 5 heteroatoms. The first kappa shape index (κ1) is 18.9. The van der Waals surface area contributed by atoms with Crippen LogP contribution in [-0.4, -0.2) is 41.1 Å². The van der Waals surface area contributed by atoms with Crippen LogP contribution in [0.3, 0.4) is 0 Å². The largest absolute Gasteiger partial charge is 0.356 e. The molecule has 2 aromatic heterocycles. The molecule has 3 aromatic rings. The van der Waals surface area contributed by atoms with Gasteiger partial charge in [0.2, 0.25) is 0 Å². The molecule has 2 fully saturated rings. The molecule has 2 saturated heterocycles. The Morgan fingerprint density at radius 3 is 2.29 bits per heavy atom. The Morgan fingerprint density at radius 1 is 0.857 bits per heavy atom. The third-order valence-corrected chi connectivity index (χ3v) is 5.75. The van der Waals surface area contributed by atoms with Crippen molar-refractivity contribution < 1.29 is 0 Å². The van der Waals surface area contributed by atoms with Gasteiger partial charge in [-0.1, -0.05) is 30.7 Å². The van der Waals surface area contributed by atoms with Crippen LogP contribution in [0.15, 0.2) is 36.8 Å². The van der Waals surface area contributed by atoms with Gasteiger partial charge in [-0.3, -0.25) is 0 Å². The highest BCUT2D eigenvalue weighted by Gasteiger charge is 2.19. The maximum absolute atomic E-state index is 4.61. The van der Waals surface area contributed by atoms with Gasteiger partial charge in [-0.25, -0.2) is 9.97 Å². The average molecular weight is 378 g/mol. The van der Waals surface area contributed by atoms with Crippen molar-refractivity contribution in [2.45, 2.75) is 45.4 Å². The molecule has 0 unspecified atom stereocenters. The fourth-order valence-corrected chi connectivity index (χ4v) is 4.18. The topological polar surface area (TPSA) is 56.8 Å². The Balaban J connectivity index is 0.000000275. The minimum atomic E-state index is 0.925. The number of anilines is 1. The van der Waals surface area contributed by atoms with Crippen molar-refractivity contribution in [2.24, 2.45) is 0 Å². The van der Waals surface area contributed by atoms with Crippen LogP contribution in [0.2, 0.25) is 0 Å². The Labute approximate surface area is 167 Å². The zero-order chi connectivity index (χ0) is 19.2. The number of nitrogens with one attached hydrogen (secondary N) is 2. The highest BCUT2D eigenvalue weighted by molar-refractivity contribution is 6.01. The van der Waals surface area contributed by atoms with Crippen molar-refractivity contribution in [3.63, 3.8) is 0 Å². The molecule has 2 N–H and O–H groups in total. The number of hydrogen-bond acceptors (Lipinski definition) is 4. The van der Waals surface area contributed by atoms with Gasteiger partial charge >= 0.3 is 0 Å². The average Bonchev–Trinajstić information content (AvgIpc) is 3.20. The van der Waals surface area contributed by atoms with Crippen molar-refractivity contribution in [2.75, 3.05) is 31.1 Å². The summed E-state index contributed by atoms with van der Waals surface area (Å²) in [5, 5.41) is 4.44. The van der Waals surface area contributed by atoms with Crippen LogP contribution in [-0.2, 0) is 0 Å². The number of aryl methyl sites for hydroxylation is 1. The molecule has 0 atom stereocenters. The van der Waals surface area contributed by atoms with Gasteiger partial charge < -0.3 is 15.2 Å². The number of piperidine rings is 2. The van der Waals surface area contributed by atoms with E-state index in [9.17, 15) is 0 Å². The fourth-order valence-electron chi connectivity index (χ4n) is 4.18. The van der Waals surface area contributed by atoms with Gasteiger partial charge in [0.15, 0.2) is 0 Å². The monoisotopic (exact) mass is 377 g/mol. The number of hydrogen-bond donors (Lipinski definition) is 2. The summed E-state index contributed by atoms with van der Waals surface area (Å²) >= 11 is 0. The molecule has 5 nitrogen and oxygen atoms in total. The van der Waals surface area contributed by atoms with Crippen molar-refractivity contribution in [1.82, 2.24) is 20.3 Å². The lowest BCUT2D eigenvalue weighted by Crippen LogP contribution is -2.30. The summed E-state index contributed by atoms with van der Waals surface area (Å²) in [6.07, 6.45) is 11.8. The van der Waals surface area contributed by atoms with E-state index in [4.69, 9.17) is 0 Å². The molecule has 0 aliphatic carbocycles. The van der Waals surface area contributed by atoms with Gasteiger partial charge in [0.05, 0.1) is 5.39 Å². The number of aromatic nitrogens is 3. The number of nitrogens with zero attached hydrogens (tertiary/aromatic N) is 3. The first-order chi connectivity index (χ1) is 13.8. The number of benzene rings is 1. The van der Waals surface area contributed by atoms with Crippen LogP contribution in [0, 0.1) is 6.92 Å². The lowest BCUT2D eigenvalue weighted by atomic mass is 10.0. The summed E-state index contributed by atoms with van der Waals surface area (Å²) in [7, 11) is 0. The minimum absolute atomic E-state index is 0.925. The molecular formula is C23H31N5. The molecule has 0 saturated carbocycles. The summed E-state index contributed by atoms with van der Waals surface area (Å²) < 4.78 is 0. The maximum Gasteiger partial charge on any atom is 0.143 e. The zero-order valence-electron chi connectivity index (χ0n) is 16.9. The summed E-state index contributed by atoms with van der Waals surface area (Å²) in [5.41, 5.74) is 4.65. The normalized spacial score (nSPS) is 17.2. The first-order valence-electron chi connectivity index (χ1n) is 10.7. The maximum atomic E-state index is 4.61. The highest BCUT2D eigenvalue weighted by atomic mass is 15.2. The molecule has 0 bridgehead atoms. The number of fused-ring (bicyclic) bond motifs is 1. The Morgan fingerprint density at radius 2 is 1.61 bits per heavy atom. The zero-order valence-corrected chi connectivity index (χ0v) is 16.9. The molecular weight excluding hydrogens is 346 g/mol. The molecule has 2 aliphatic heterocycles. The second-order valence-corrected chi connectivity index (χ2v) is 7.80. The second kappa shape index (κ2) is 9.20. The summed E-state index contributed by atoms with van der Waals surface area (Å²) in [4.78, 5) is 14.8. The van der Waals surface area contributed by atoms with E-state index in [1.165, 1.54) is 68.3 Å². The van der Waals surface area contributed by atoms with Gasteiger partial charge in [-0.15, -0.1) is 0 Å². The molecule has 28 heavy (non-hydrogen) atoms. The molecule has 5 rings (SSSR count). The number of aromatic amines is 1. The SMILES string of the molecule is C1CCNCC1.Cc1ccccc1-c1c[nH]c2ncnc(N3CCCCC3)c12. The molecule has 148 valence electrons. The molecule has 0 spiro atoms. The summed E-state index contributed by atoms with van der Waals surface area (Å²) in [5.74, 6) is 1.07. The van der Waals surface area contributed by atoms with E-state index in [2.05, 4.69) is 62.6 Å². The first-order valence-corrected chi connectivity index (χ1v) is 10.7. The van der Waals surface area contributed by atoms with Gasteiger partial charge in [0, 0.05) is 24.8 Å². The van der Waals surface area contributed by atoms with E-state index >= 15 is 0 Å². The standard InChI is InChI=1S/C18H20N4.C5H11N/c1-13-7-3-4-8-14(13)15-11-19-17-16(15)18(21-12-20-17)22-9-5-2-6-10-22;1-2-4-6-5-3-1/h3-4,7-8,11-12H,2,5-6,9-10H2,1H3,(H,19,20,21);6H,1-5H2. The van der Waals surface area contributed by atoms with E-state index in [0.29, 0.717) is 0 Å². The van der Waals surface area contributed by atoms with E-state index in [1.54, 1.807) is 6.33 Å². The number of rotatable bonds is 2. The minimum Gasteiger partial charge on any atom is -0.356 e. The lowest BCUT2D eigenvalue weighted by molar-refractivity contribution is 0.520. The molecule has 1 aromatic carbocycles. The second-order valence-electron chi connectivity index (χ2n) is 7.80. The van der Waals surface area contributed by atoms with Crippen LogP contribution in [0.5, 0.6) is 0 Å². The third-order valence-electron chi connectivity index (χ3n) is 5.75. The Kier molecular flexibility index (Phi) is 6.22. The van der Waals surface area contributed by atoms with E-state index in [-0.39, 0.29) is 0 Å². The fraction of sp³-hybridized carbons (Fsp3) is 0.478. The van der Waals surface area contributed by atoms with Gasteiger partial charge in [0.25, 0.3) is 0 Å². The van der Waals surface area contributed by atoms with Gasteiger partial charge in [-0.05, 0) is 63.2 Å². The summed E-state index contributed by atoms with van der Waals surface area (Å²) in [6, 6.07) is 8.49. The van der Waals surface area contributed by atoms with E-state index < -0.39 is 0 Å². The van der Waals surface area contributed by atoms with Gasteiger partial charge in [-0.2, -0.15) is 0 Å². The van der Waals surface area contributed by atoms with Crippen molar-refractivity contribution in [3.05, 3.63) is 42.4 Å². The smallest absolute Gasteiger partial charge is 0.143 e. The van der Waals surface area contributed by atoms with Crippen LogP contribution in [0.4, 0.5) is 5.82 Å². The van der Waals surface area contributed by atoms with Crippen molar-refractivity contribution in [1.29, 1.82) is 0 Å². The third kappa shape index (κ3) is 4.20. The lowest BCUT2D eigenvalue weighted by Gasteiger charge is -2.28. The molecule has 0 amide bonds. The van der Waals surface area contributed by atoms with Gasteiger partial charge in [0.1, 0.15) is 17.8 Å². The Bertz CT molecular complexity index is 879. The quantitative estimate of drug-likeness (QED) is 0.681. The molecule has 2 aliphatic rings. The Hall–Kier alpha value is -2.40. The highest BCUT2D eigenvalue weighted by Crippen LogP contribution is 2.35. The van der Waals surface area contributed by atoms with Crippen molar-refractivity contribution >= 4 is 16.9 Å². The van der Waals surface area contributed by atoms with E-state index in [1.807, 2.05) is 0 Å². The van der Waals surface area contributed by atoms with E-state index in [0.717, 1.165) is 29.9 Å². The van der Waals surface area contributed by atoms with Crippen LogP contribution < -0.4 is 10.2 Å². The number of H-pyrrole nitrogens is 1. The predicted octanol–water partition coefficient (Wildman–Crippen LogP) is 4.68. The summed E-state index contributed by atoms with van der Waals surface area (Å²) in [6.45, 7) is 6.83. The van der Waals surface area contributed by atoms with Crippen LogP contribution in [0.1, 0.15) is 44.1 Å². The van der Waals surface area contributed by atoms with Crippen molar-refractivity contribution in [3.8, 4) is 11.1 Å². The molecule has 0 radical (unpaired) electrons.